The van der Waals surface area contributed by atoms with Crippen molar-refractivity contribution >= 4 is 56.5 Å². The van der Waals surface area contributed by atoms with E-state index in [1.807, 2.05) is 38.1 Å². The second-order valence-corrected chi connectivity index (χ2v) is 11.1. The SMILES string of the molecule is C=CC(=O)N1CCC[C@@H](NC(=O)c2sc3nccc4c3c2NC(=O)N4c2ccc(Oc3ccc(C)nc3)cc2C)C1. The Hall–Kier alpha value is -4.77. The van der Waals surface area contributed by atoms with Gasteiger partial charge in [0.2, 0.25) is 5.91 Å². The number of likely N-dealkylation sites (tertiary alicyclic amines) is 1. The van der Waals surface area contributed by atoms with Crippen LogP contribution in [0.25, 0.3) is 10.2 Å². The van der Waals surface area contributed by atoms with Crippen LogP contribution in [0.4, 0.5) is 21.9 Å². The molecule has 4 amide bonds. The van der Waals surface area contributed by atoms with E-state index in [1.54, 1.807) is 34.3 Å². The number of piperidine rings is 1. The third-order valence-electron chi connectivity index (χ3n) is 7.22. The monoisotopic (exact) mass is 568 g/mol. The van der Waals surface area contributed by atoms with Gasteiger partial charge in [-0.3, -0.25) is 19.5 Å². The largest absolute Gasteiger partial charge is 0.456 e. The molecule has 41 heavy (non-hydrogen) atoms. The smallest absolute Gasteiger partial charge is 0.331 e. The second-order valence-electron chi connectivity index (χ2n) is 10.1. The highest BCUT2D eigenvalue weighted by molar-refractivity contribution is 7.21. The van der Waals surface area contributed by atoms with E-state index in [0.29, 0.717) is 56.7 Å². The molecule has 1 atom stereocenters. The number of hydrogen-bond donors (Lipinski definition) is 2. The molecule has 208 valence electrons. The van der Waals surface area contributed by atoms with Crippen LogP contribution in [0.2, 0.25) is 0 Å². The van der Waals surface area contributed by atoms with Crippen molar-refractivity contribution in [3.05, 3.63) is 77.6 Å². The predicted molar refractivity (Wildman–Crippen MR) is 158 cm³/mol. The van der Waals surface area contributed by atoms with Gasteiger partial charge < -0.3 is 20.3 Å². The summed E-state index contributed by atoms with van der Waals surface area (Å²) < 4.78 is 5.95. The molecule has 0 unspecified atom stereocenters. The Morgan fingerprint density at radius 1 is 1.15 bits per heavy atom. The van der Waals surface area contributed by atoms with E-state index in [9.17, 15) is 14.4 Å². The van der Waals surface area contributed by atoms with Gasteiger partial charge in [-0.2, -0.15) is 0 Å². The van der Waals surface area contributed by atoms with Crippen LogP contribution in [0.5, 0.6) is 11.5 Å². The van der Waals surface area contributed by atoms with Crippen molar-refractivity contribution in [1.29, 1.82) is 0 Å². The fraction of sp³-hybridized carbons (Fsp3) is 0.233. The summed E-state index contributed by atoms with van der Waals surface area (Å²) in [4.78, 5) is 52.1. The number of hydrogen-bond acceptors (Lipinski definition) is 7. The third kappa shape index (κ3) is 5.00. The van der Waals surface area contributed by atoms with Gasteiger partial charge in [-0.05, 0) is 74.7 Å². The Morgan fingerprint density at radius 2 is 1.98 bits per heavy atom. The van der Waals surface area contributed by atoms with Crippen LogP contribution in [0.15, 0.2) is 61.4 Å². The quantitative estimate of drug-likeness (QED) is 0.289. The first-order valence-corrected chi connectivity index (χ1v) is 14.1. The van der Waals surface area contributed by atoms with Crippen LogP contribution in [0.1, 0.15) is 33.8 Å². The zero-order valence-electron chi connectivity index (χ0n) is 22.6. The average Bonchev–Trinajstić information content (AvgIpc) is 3.34. The van der Waals surface area contributed by atoms with E-state index >= 15 is 0 Å². The summed E-state index contributed by atoms with van der Waals surface area (Å²) >= 11 is 1.23. The number of aromatic nitrogens is 2. The van der Waals surface area contributed by atoms with E-state index in [4.69, 9.17) is 4.74 Å². The van der Waals surface area contributed by atoms with Crippen molar-refractivity contribution in [3.63, 3.8) is 0 Å². The van der Waals surface area contributed by atoms with Gasteiger partial charge in [-0.25, -0.2) is 9.78 Å². The molecule has 1 fully saturated rings. The molecule has 1 aromatic carbocycles. The Bertz CT molecular complexity index is 1700. The number of thiophene rings is 1. The zero-order valence-corrected chi connectivity index (χ0v) is 23.5. The van der Waals surface area contributed by atoms with Crippen LogP contribution in [-0.2, 0) is 4.79 Å². The molecule has 4 aromatic rings. The molecule has 5 heterocycles. The first-order chi connectivity index (χ1) is 19.8. The lowest BCUT2D eigenvalue weighted by molar-refractivity contribution is -0.127. The fourth-order valence-corrected chi connectivity index (χ4v) is 6.27. The minimum atomic E-state index is -0.377. The maximum atomic E-state index is 13.5. The van der Waals surface area contributed by atoms with Crippen molar-refractivity contribution in [2.24, 2.45) is 0 Å². The van der Waals surface area contributed by atoms with Gasteiger partial charge >= 0.3 is 6.03 Å². The number of anilines is 3. The van der Waals surface area contributed by atoms with E-state index in [-0.39, 0.29) is 23.9 Å². The van der Waals surface area contributed by atoms with Crippen molar-refractivity contribution in [2.75, 3.05) is 23.3 Å². The molecule has 3 aromatic heterocycles. The summed E-state index contributed by atoms with van der Waals surface area (Å²) in [6.07, 6.45) is 6.14. The minimum absolute atomic E-state index is 0.149. The lowest BCUT2D eigenvalue weighted by Crippen LogP contribution is -2.49. The van der Waals surface area contributed by atoms with Gasteiger partial charge in [0.25, 0.3) is 5.91 Å². The lowest BCUT2D eigenvalue weighted by atomic mass is 10.1. The summed E-state index contributed by atoms with van der Waals surface area (Å²) in [5.41, 5.74) is 3.50. The van der Waals surface area contributed by atoms with E-state index < -0.39 is 0 Å². The predicted octanol–water partition coefficient (Wildman–Crippen LogP) is 5.69. The van der Waals surface area contributed by atoms with Gasteiger partial charge in [0.15, 0.2) is 0 Å². The Balaban J connectivity index is 1.28. The molecule has 2 aliphatic heterocycles. The second kappa shape index (κ2) is 10.7. The van der Waals surface area contributed by atoms with E-state index in [1.165, 1.54) is 17.4 Å². The van der Waals surface area contributed by atoms with E-state index in [0.717, 1.165) is 24.1 Å². The zero-order chi connectivity index (χ0) is 28.7. The maximum Gasteiger partial charge on any atom is 0.331 e. The van der Waals surface area contributed by atoms with Gasteiger partial charge in [-0.1, -0.05) is 6.58 Å². The standard InChI is InChI=1S/C30H28N6O4S/c1-4-24(37)35-13-5-6-19(16-35)33-28(38)27-26-25-23(11-12-31-29(25)41-27)36(30(39)34-26)22-10-9-20(14-17(22)2)40-21-8-7-18(3)32-15-21/h4,7-12,14-15,19H,1,5-6,13,16H2,2-3H3,(H,33,38)(H,34,39)/t19-/m1/s1. The Labute approximate surface area is 240 Å². The first-order valence-electron chi connectivity index (χ1n) is 13.3. The molecule has 2 aliphatic rings. The van der Waals surface area contributed by atoms with Crippen molar-refractivity contribution in [1.82, 2.24) is 20.2 Å². The number of ether oxygens (including phenoxy) is 1. The number of benzene rings is 1. The normalized spacial score (nSPS) is 16.3. The van der Waals surface area contributed by atoms with Gasteiger partial charge in [0.1, 0.15) is 21.2 Å². The van der Waals surface area contributed by atoms with E-state index in [2.05, 4.69) is 27.2 Å². The van der Waals surface area contributed by atoms with Crippen molar-refractivity contribution in [3.8, 4) is 11.5 Å². The number of nitrogens with zero attached hydrogens (tertiary/aromatic N) is 4. The number of aryl methyl sites for hydroxylation is 2. The summed E-state index contributed by atoms with van der Waals surface area (Å²) in [7, 11) is 0. The van der Waals surface area contributed by atoms with Crippen molar-refractivity contribution in [2.45, 2.75) is 32.7 Å². The first kappa shape index (κ1) is 26.5. The molecule has 0 bridgehead atoms. The number of carbonyl (C=O) groups is 3. The number of rotatable bonds is 6. The highest BCUT2D eigenvalue weighted by atomic mass is 32.1. The van der Waals surface area contributed by atoms with Crippen LogP contribution in [0.3, 0.4) is 0 Å². The number of nitrogens with one attached hydrogen (secondary N) is 2. The van der Waals surface area contributed by atoms with Crippen molar-refractivity contribution < 1.29 is 19.1 Å². The number of urea groups is 1. The Morgan fingerprint density at radius 3 is 2.73 bits per heavy atom. The average molecular weight is 569 g/mol. The number of pyridine rings is 2. The lowest BCUT2D eigenvalue weighted by Gasteiger charge is -2.32. The fourth-order valence-electron chi connectivity index (χ4n) is 5.25. The van der Waals surface area contributed by atoms with Crippen LogP contribution in [0, 0.1) is 13.8 Å². The molecule has 10 nitrogen and oxygen atoms in total. The number of amides is 4. The molecule has 0 saturated carbocycles. The van der Waals surface area contributed by atoms with Crippen LogP contribution in [-0.4, -0.2) is 51.8 Å². The Kier molecular flexibility index (Phi) is 6.88. The van der Waals surface area contributed by atoms with Gasteiger partial charge in [-0.15, -0.1) is 11.3 Å². The van der Waals surface area contributed by atoms with Crippen LogP contribution < -0.4 is 20.3 Å². The summed E-state index contributed by atoms with van der Waals surface area (Å²) in [6, 6.07) is 10.5. The molecule has 0 spiro atoms. The molecule has 2 N–H and O–H groups in total. The van der Waals surface area contributed by atoms with Gasteiger partial charge in [0, 0.05) is 31.0 Å². The molecule has 0 aliphatic carbocycles. The molecule has 0 radical (unpaired) electrons. The highest BCUT2D eigenvalue weighted by Crippen LogP contribution is 2.46. The molecular weight excluding hydrogens is 540 g/mol. The summed E-state index contributed by atoms with van der Waals surface area (Å²) in [6.45, 7) is 8.44. The number of carbonyl (C=O) groups excluding carboxylic acids is 3. The molecule has 1 saturated heterocycles. The summed E-state index contributed by atoms with van der Waals surface area (Å²) in [5.74, 6) is 0.796. The summed E-state index contributed by atoms with van der Waals surface area (Å²) in [5, 5.41) is 6.70. The molecule has 11 heteroatoms. The van der Waals surface area contributed by atoms with Gasteiger partial charge in [0.05, 0.1) is 28.6 Å². The van der Waals surface area contributed by atoms with Crippen LogP contribution >= 0.6 is 11.3 Å². The maximum absolute atomic E-state index is 13.5. The highest BCUT2D eigenvalue weighted by Gasteiger charge is 2.34. The molecule has 6 rings (SSSR count). The third-order valence-corrected chi connectivity index (χ3v) is 8.32. The minimum Gasteiger partial charge on any atom is -0.456 e. The topological polar surface area (TPSA) is 117 Å². The molecular formula is C30H28N6O4S.